The molecule has 1 aliphatic rings. The summed E-state index contributed by atoms with van der Waals surface area (Å²) < 4.78 is 4.31. The summed E-state index contributed by atoms with van der Waals surface area (Å²) in [5.41, 5.74) is 2.35. The molecule has 2 unspecified atom stereocenters. The zero-order valence-electron chi connectivity index (χ0n) is 11.3. The molecule has 1 aliphatic heterocycles. The molecule has 1 aromatic carbocycles. The first-order chi connectivity index (χ1) is 9.65. The summed E-state index contributed by atoms with van der Waals surface area (Å²) in [5, 5.41) is 3.68. The van der Waals surface area contributed by atoms with Crippen molar-refractivity contribution in [3.8, 4) is 5.69 Å². The molecule has 0 bridgehead atoms. The standard InChI is InChI=1S/C15H17Br2N3/c1-10-3-2-4-13(19-10)15-8-18-9-20(15)14-7-11(16)5-6-12(14)17/h5-10,13,19H,2-4H2,1H3. The van der Waals surface area contributed by atoms with E-state index in [0.717, 1.165) is 14.6 Å². The smallest absolute Gasteiger partial charge is 0.0995 e. The van der Waals surface area contributed by atoms with Crippen LogP contribution in [0.3, 0.4) is 0 Å². The highest BCUT2D eigenvalue weighted by Gasteiger charge is 2.23. The lowest BCUT2D eigenvalue weighted by atomic mass is 9.97. The van der Waals surface area contributed by atoms with E-state index < -0.39 is 0 Å². The average Bonchev–Trinajstić information content (AvgIpc) is 2.90. The molecule has 0 amide bonds. The van der Waals surface area contributed by atoms with E-state index in [1.165, 1.54) is 25.0 Å². The van der Waals surface area contributed by atoms with Crippen LogP contribution >= 0.6 is 31.9 Å². The third-order valence-electron chi connectivity index (χ3n) is 3.81. The van der Waals surface area contributed by atoms with Crippen molar-refractivity contribution in [1.82, 2.24) is 14.9 Å². The lowest BCUT2D eigenvalue weighted by Gasteiger charge is -2.29. The molecule has 0 saturated carbocycles. The predicted octanol–water partition coefficient (Wildman–Crippen LogP) is 4.60. The van der Waals surface area contributed by atoms with Gasteiger partial charge in [-0.3, -0.25) is 0 Å². The van der Waals surface area contributed by atoms with Gasteiger partial charge in [0.1, 0.15) is 0 Å². The summed E-state index contributed by atoms with van der Waals surface area (Å²) in [6, 6.07) is 7.16. The van der Waals surface area contributed by atoms with Gasteiger partial charge in [-0.1, -0.05) is 15.9 Å². The highest BCUT2D eigenvalue weighted by atomic mass is 79.9. The zero-order chi connectivity index (χ0) is 14.1. The minimum absolute atomic E-state index is 0.382. The van der Waals surface area contributed by atoms with Crippen molar-refractivity contribution in [2.45, 2.75) is 38.3 Å². The number of nitrogens with one attached hydrogen (secondary N) is 1. The van der Waals surface area contributed by atoms with Crippen LogP contribution < -0.4 is 5.32 Å². The molecule has 5 heteroatoms. The predicted molar refractivity (Wildman–Crippen MR) is 88.2 cm³/mol. The Morgan fingerprint density at radius 2 is 2.15 bits per heavy atom. The molecule has 0 aliphatic carbocycles. The molecule has 2 heterocycles. The molecule has 0 radical (unpaired) electrons. The number of rotatable bonds is 2. The zero-order valence-corrected chi connectivity index (χ0v) is 14.5. The van der Waals surface area contributed by atoms with E-state index in [2.05, 4.69) is 65.8 Å². The third-order valence-corrected chi connectivity index (χ3v) is 4.97. The number of hydrogen-bond acceptors (Lipinski definition) is 2. The Morgan fingerprint density at radius 1 is 1.30 bits per heavy atom. The van der Waals surface area contributed by atoms with Crippen LogP contribution in [0.1, 0.15) is 37.9 Å². The Hall–Kier alpha value is -0.650. The van der Waals surface area contributed by atoms with Crippen molar-refractivity contribution in [2.24, 2.45) is 0 Å². The Morgan fingerprint density at radius 3 is 2.95 bits per heavy atom. The van der Waals surface area contributed by atoms with Crippen molar-refractivity contribution in [1.29, 1.82) is 0 Å². The summed E-state index contributed by atoms with van der Waals surface area (Å²) in [6.45, 7) is 2.25. The van der Waals surface area contributed by atoms with Gasteiger partial charge in [0.2, 0.25) is 0 Å². The van der Waals surface area contributed by atoms with Crippen molar-refractivity contribution in [2.75, 3.05) is 0 Å². The number of aromatic nitrogens is 2. The number of nitrogens with zero attached hydrogens (tertiary/aromatic N) is 2. The molecule has 0 spiro atoms. The van der Waals surface area contributed by atoms with Gasteiger partial charge >= 0.3 is 0 Å². The average molecular weight is 399 g/mol. The van der Waals surface area contributed by atoms with Gasteiger partial charge in [0.25, 0.3) is 0 Å². The number of piperidine rings is 1. The molecule has 2 aromatic rings. The lowest BCUT2D eigenvalue weighted by Crippen LogP contribution is -2.35. The fourth-order valence-corrected chi connectivity index (χ4v) is 3.59. The number of hydrogen-bond donors (Lipinski definition) is 1. The van der Waals surface area contributed by atoms with E-state index in [0.29, 0.717) is 12.1 Å². The minimum atomic E-state index is 0.382. The Labute approximate surface area is 136 Å². The third kappa shape index (κ3) is 2.85. The van der Waals surface area contributed by atoms with Crippen LogP contribution in [0, 0.1) is 0 Å². The molecule has 106 valence electrons. The van der Waals surface area contributed by atoms with Gasteiger partial charge in [0.05, 0.1) is 23.9 Å². The van der Waals surface area contributed by atoms with Gasteiger partial charge in [0, 0.05) is 21.0 Å². The summed E-state index contributed by atoms with van der Waals surface area (Å²) in [7, 11) is 0. The maximum atomic E-state index is 4.36. The largest absolute Gasteiger partial charge is 0.306 e. The van der Waals surface area contributed by atoms with Gasteiger partial charge in [-0.25, -0.2) is 4.98 Å². The van der Waals surface area contributed by atoms with Crippen molar-refractivity contribution in [3.63, 3.8) is 0 Å². The summed E-state index contributed by atoms with van der Waals surface area (Å²) in [4.78, 5) is 4.36. The lowest BCUT2D eigenvalue weighted by molar-refractivity contribution is 0.334. The van der Waals surface area contributed by atoms with Crippen LogP contribution in [0.25, 0.3) is 5.69 Å². The van der Waals surface area contributed by atoms with Gasteiger partial charge in [-0.15, -0.1) is 0 Å². The second kappa shape index (κ2) is 6.00. The molecular formula is C15H17Br2N3. The maximum Gasteiger partial charge on any atom is 0.0995 e. The van der Waals surface area contributed by atoms with Crippen LogP contribution in [-0.4, -0.2) is 15.6 Å². The number of imidazole rings is 1. The summed E-state index contributed by atoms with van der Waals surface area (Å²) in [5.74, 6) is 0. The van der Waals surface area contributed by atoms with E-state index in [1.807, 2.05) is 18.6 Å². The molecule has 3 rings (SSSR count). The molecule has 1 fully saturated rings. The van der Waals surface area contributed by atoms with Crippen LogP contribution in [0.2, 0.25) is 0 Å². The first-order valence-electron chi connectivity index (χ1n) is 6.89. The van der Waals surface area contributed by atoms with Crippen molar-refractivity contribution < 1.29 is 0 Å². The van der Waals surface area contributed by atoms with E-state index in [1.54, 1.807) is 0 Å². The number of benzene rings is 1. The highest BCUT2D eigenvalue weighted by molar-refractivity contribution is 9.11. The van der Waals surface area contributed by atoms with Crippen LogP contribution in [-0.2, 0) is 0 Å². The van der Waals surface area contributed by atoms with Crippen LogP contribution in [0.5, 0.6) is 0 Å². The first kappa shape index (κ1) is 14.3. The molecule has 3 nitrogen and oxygen atoms in total. The Balaban J connectivity index is 1.99. The van der Waals surface area contributed by atoms with Crippen molar-refractivity contribution >= 4 is 31.9 Å². The van der Waals surface area contributed by atoms with E-state index in [-0.39, 0.29) is 0 Å². The maximum absolute atomic E-state index is 4.36. The SMILES string of the molecule is CC1CCCC(c2cncn2-c2cc(Br)ccc2Br)N1. The molecule has 1 N–H and O–H groups in total. The van der Waals surface area contributed by atoms with Gasteiger partial charge in [0.15, 0.2) is 0 Å². The molecule has 1 aromatic heterocycles. The molecular weight excluding hydrogens is 382 g/mol. The second-order valence-electron chi connectivity index (χ2n) is 5.34. The monoisotopic (exact) mass is 397 g/mol. The highest BCUT2D eigenvalue weighted by Crippen LogP contribution is 2.31. The molecule has 20 heavy (non-hydrogen) atoms. The first-order valence-corrected chi connectivity index (χ1v) is 8.47. The van der Waals surface area contributed by atoms with E-state index in [9.17, 15) is 0 Å². The normalized spacial score (nSPS) is 22.9. The fraction of sp³-hybridized carbons (Fsp3) is 0.400. The topological polar surface area (TPSA) is 29.9 Å². The molecule has 1 saturated heterocycles. The van der Waals surface area contributed by atoms with Crippen LogP contribution in [0.15, 0.2) is 39.7 Å². The van der Waals surface area contributed by atoms with E-state index in [4.69, 9.17) is 0 Å². The van der Waals surface area contributed by atoms with Crippen LogP contribution in [0.4, 0.5) is 0 Å². The second-order valence-corrected chi connectivity index (χ2v) is 7.11. The van der Waals surface area contributed by atoms with Crippen molar-refractivity contribution in [3.05, 3.63) is 45.4 Å². The fourth-order valence-electron chi connectivity index (χ4n) is 2.81. The van der Waals surface area contributed by atoms with Gasteiger partial charge < -0.3 is 9.88 Å². The van der Waals surface area contributed by atoms with E-state index >= 15 is 0 Å². The quantitative estimate of drug-likeness (QED) is 0.800. The number of halogens is 2. The van der Waals surface area contributed by atoms with Gasteiger partial charge in [-0.05, 0) is 60.3 Å². The summed E-state index contributed by atoms with van der Waals surface area (Å²) in [6.07, 6.45) is 7.56. The molecule has 2 atom stereocenters. The van der Waals surface area contributed by atoms with Gasteiger partial charge in [-0.2, -0.15) is 0 Å². The Kier molecular flexibility index (Phi) is 4.29. The minimum Gasteiger partial charge on any atom is -0.306 e. The summed E-state index contributed by atoms with van der Waals surface area (Å²) >= 11 is 7.17. The Bertz CT molecular complexity index is 609.